The van der Waals surface area contributed by atoms with Crippen LogP contribution in [0.1, 0.15) is 31.2 Å². The van der Waals surface area contributed by atoms with Crippen LogP contribution in [0.5, 0.6) is 5.75 Å². The first-order valence-electron chi connectivity index (χ1n) is 6.72. The van der Waals surface area contributed by atoms with Crippen LogP contribution < -0.4 is 10.1 Å². The highest BCUT2D eigenvalue weighted by Gasteiger charge is 2.32. The van der Waals surface area contributed by atoms with Crippen LogP contribution in [0, 0.1) is 5.41 Å². The maximum atomic E-state index is 9.53. The van der Waals surface area contributed by atoms with Crippen LogP contribution in [-0.2, 0) is 6.54 Å². The number of aliphatic hydroxyl groups excluding tert-OH is 1. The standard InChI is InChI=1S/C15H23NO2/c1-18-14-6-4-13(5-7-14)10-16-11-15(12-17)8-2-3-9-15/h4-7,16-17H,2-3,8-12H2,1H3. The number of rotatable bonds is 6. The third-order valence-corrected chi connectivity index (χ3v) is 3.99. The fourth-order valence-corrected chi connectivity index (χ4v) is 2.73. The highest BCUT2D eigenvalue weighted by atomic mass is 16.5. The summed E-state index contributed by atoms with van der Waals surface area (Å²) in [6.07, 6.45) is 4.81. The smallest absolute Gasteiger partial charge is 0.118 e. The molecule has 1 aliphatic carbocycles. The second-order valence-corrected chi connectivity index (χ2v) is 5.32. The van der Waals surface area contributed by atoms with E-state index in [0.717, 1.165) is 31.7 Å². The lowest BCUT2D eigenvalue weighted by atomic mass is 9.87. The molecule has 3 nitrogen and oxygen atoms in total. The Kier molecular flexibility index (Phi) is 4.61. The number of methoxy groups -OCH3 is 1. The number of benzene rings is 1. The molecule has 1 fully saturated rings. The van der Waals surface area contributed by atoms with Gasteiger partial charge in [-0.2, -0.15) is 0 Å². The van der Waals surface area contributed by atoms with Crippen molar-refractivity contribution < 1.29 is 9.84 Å². The van der Waals surface area contributed by atoms with Gasteiger partial charge in [-0.05, 0) is 30.5 Å². The summed E-state index contributed by atoms with van der Waals surface area (Å²) in [4.78, 5) is 0. The molecule has 3 heteroatoms. The van der Waals surface area contributed by atoms with Crippen molar-refractivity contribution in [2.75, 3.05) is 20.3 Å². The van der Waals surface area contributed by atoms with Crippen molar-refractivity contribution in [1.82, 2.24) is 5.32 Å². The zero-order chi connectivity index (χ0) is 12.8. The molecule has 0 saturated heterocycles. The third-order valence-electron chi connectivity index (χ3n) is 3.99. The van der Waals surface area contributed by atoms with Gasteiger partial charge in [-0.3, -0.25) is 0 Å². The van der Waals surface area contributed by atoms with Gasteiger partial charge >= 0.3 is 0 Å². The number of ether oxygens (including phenoxy) is 1. The van der Waals surface area contributed by atoms with Crippen LogP contribution in [0.15, 0.2) is 24.3 Å². The molecule has 0 aromatic heterocycles. The summed E-state index contributed by atoms with van der Waals surface area (Å²) < 4.78 is 5.13. The minimum Gasteiger partial charge on any atom is -0.497 e. The number of hydrogen-bond acceptors (Lipinski definition) is 3. The SMILES string of the molecule is COc1ccc(CNCC2(CO)CCCC2)cc1. The molecule has 0 aliphatic heterocycles. The first-order valence-corrected chi connectivity index (χ1v) is 6.72. The van der Waals surface area contributed by atoms with Crippen LogP contribution >= 0.6 is 0 Å². The quantitative estimate of drug-likeness (QED) is 0.813. The first kappa shape index (κ1) is 13.4. The average molecular weight is 249 g/mol. The Morgan fingerprint density at radius 1 is 1.22 bits per heavy atom. The van der Waals surface area contributed by atoms with E-state index in [-0.39, 0.29) is 5.41 Å². The molecule has 1 aromatic rings. The summed E-state index contributed by atoms with van der Waals surface area (Å²) in [5.74, 6) is 0.890. The summed E-state index contributed by atoms with van der Waals surface area (Å²) in [6, 6.07) is 8.11. The van der Waals surface area contributed by atoms with E-state index in [1.807, 2.05) is 12.1 Å². The molecule has 2 rings (SSSR count). The predicted molar refractivity (Wildman–Crippen MR) is 72.7 cm³/mol. The van der Waals surface area contributed by atoms with Crippen LogP contribution in [0.2, 0.25) is 0 Å². The normalized spacial score (nSPS) is 17.9. The second-order valence-electron chi connectivity index (χ2n) is 5.32. The second kappa shape index (κ2) is 6.21. The van der Waals surface area contributed by atoms with Gasteiger partial charge in [0.05, 0.1) is 7.11 Å². The molecule has 0 amide bonds. The van der Waals surface area contributed by atoms with E-state index in [2.05, 4.69) is 17.4 Å². The van der Waals surface area contributed by atoms with Gasteiger partial charge in [-0.1, -0.05) is 25.0 Å². The fourth-order valence-electron chi connectivity index (χ4n) is 2.73. The van der Waals surface area contributed by atoms with Gasteiger partial charge in [-0.25, -0.2) is 0 Å². The summed E-state index contributed by atoms with van der Waals surface area (Å²) >= 11 is 0. The zero-order valence-corrected chi connectivity index (χ0v) is 11.1. The molecule has 0 heterocycles. The van der Waals surface area contributed by atoms with Crippen LogP contribution in [0.25, 0.3) is 0 Å². The molecule has 0 bridgehead atoms. The lowest BCUT2D eigenvalue weighted by molar-refractivity contribution is 0.128. The summed E-state index contributed by atoms with van der Waals surface area (Å²) in [5.41, 5.74) is 1.38. The van der Waals surface area contributed by atoms with Crippen LogP contribution in [-0.4, -0.2) is 25.4 Å². The predicted octanol–water partition coefficient (Wildman–Crippen LogP) is 2.34. The number of hydrogen-bond donors (Lipinski definition) is 2. The lowest BCUT2D eigenvalue weighted by Gasteiger charge is -2.26. The summed E-state index contributed by atoms with van der Waals surface area (Å²) in [6.45, 7) is 2.07. The Hall–Kier alpha value is -1.06. The summed E-state index contributed by atoms with van der Waals surface area (Å²) in [7, 11) is 1.68. The maximum Gasteiger partial charge on any atom is 0.118 e. The van der Waals surface area contributed by atoms with Crippen molar-refractivity contribution >= 4 is 0 Å². The van der Waals surface area contributed by atoms with E-state index in [9.17, 15) is 5.11 Å². The topological polar surface area (TPSA) is 41.5 Å². The van der Waals surface area contributed by atoms with E-state index in [1.165, 1.54) is 18.4 Å². The fraction of sp³-hybridized carbons (Fsp3) is 0.600. The van der Waals surface area contributed by atoms with Gasteiger partial charge < -0.3 is 15.2 Å². The van der Waals surface area contributed by atoms with Crippen molar-refractivity contribution in [3.63, 3.8) is 0 Å². The van der Waals surface area contributed by atoms with Gasteiger partial charge in [-0.15, -0.1) is 0 Å². The third kappa shape index (κ3) is 3.24. The van der Waals surface area contributed by atoms with Crippen molar-refractivity contribution in [3.8, 4) is 5.75 Å². The molecule has 1 aliphatic rings. The Morgan fingerprint density at radius 3 is 2.44 bits per heavy atom. The highest BCUT2D eigenvalue weighted by molar-refractivity contribution is 5.27. The van der Waals surface area contributed by atoms with Gasteiger partial charge in [0.2, 0.25) is 0 Å². The van der Waals surface area contributed by atoms with Gasteiger partial charge in [0.25, 0.3) is 0 Å². The minimum atomic E-state index is 0.131. The van der Waals surface area contributed by atoms with E-state index >= 15 is 0 Å². The van der Waals surface area contributed by atoms with Crippen molar-refractivity contribution in [2.24, 2.45) is 5.41 Å². The molecule has 1 saturated carbocycles. The Morgan fingerprint density at radius 2 is 1.89 bits per heavy atom. The number of aliphatic hydroxyl groups is 1. The van der Waals surface area contributed by atoms with Crippen molar-refractivity contribution in [3.05, 3.63) is 29.8 Å². The Balaban J connectivity index is 1.80. The van der Waals surface area contributed by atoms with E-state index in [0.29, 0.717) is 6.61 Å². The molecule has 100 valence electrons. The van der Waals surface area contributed by atoms with Crippen LogP contribution in [0.3, 0.4) is 0 Å². The highest BCUT2D eigenvalue weighted by Crippen LogP contribution is 2.36. The van der Waals surface area contributed by atoms with E-state index in [4.69, 9.17) is 4.74 Å². The average Bonchev–Trinajstić information content (AvgIpc) is 2.89. The Bertz CT molecular complexity index is 355. The van der Waals surface area contributed by atoms with Crippen molar-refractivity contribution in [1.29, 1.82) is 0 Å². The molecule has 0 spiro atoms. The Labute approximate surface area is 109 Å². The maximum absolute atomic E-state index is 9.53. The monoisotopic (exact) mass is 249 g/mol. The van der Waals surface area contributed by atoms with E-state index in [1.54, 1.807) is 7.11 Å². The molecule has 2 N–H and O–H groups in total. The molecule has 0 atom stereocenters. The molecule has 18 heavy (non-hydrogen) atoms. The molecule has 1 aromatic carbocycles. The van der Waals surface area contributed by atoms with Crippen molar-refractivity contribution in [2.45, 2.75) is 32.2 Å². The molecule has 0 radical (unpaired) electrons. The molecular formula is C15H23NO2. The minimum absolute atomic E-state index is 0.131. The zero-order valence-electron chi connectivity index (χ0n) is 11.1. The van der Waals surface area contributed by atoms with Gasteiger partial charge in [0.15, 0.2) is 0 Å². The molecule has 0 unspecified atom stereocenters. The van der Waals surface area contributed by atoms with Gasteiger partial charge in [0, 0.05) is 25.1 Å². The summed E-state index contributed by atoms with van der Waals surface area (Å²) in [5, 5.41) is 13.0. The first-order chi connectivity index (χ1) is 8.78. The number of nitrogens with one attached hydrogen (secondary N) is 1. The molecular weight excluding hydrogens is 226 g/mol. The van der Waals surface area contributed by atoms with E-state index < -0.39 is 0 Å². The largest absolute Gasteiger partial charge is 0.497 e. The van der Waals surface area contributed by atoms with Gasteiger partial charge in [0.1, 0.15) is 5.75 Å². The van der Waals surface area contributed by atoms with Crippen LogP contribution in [0.4, 0.5) is 0 Å². The lowest BCUT2D eigenvalue weighted by Crippen LogP contribution is -2.34.